The summed E-state index contributed by atoms with van der Waals surface area (Å²) in [5.74, 6) is 0. The Bertz CT molecular complexity index is 391. The highest BCUT2D eigenvalue weighted by Crippen LogP contribution is 2.37. The van der Waals surface area contributed by atoms with E-state index in [2.05, 4.69) is 23.4 Å². The Balaban J connectivity index is 2.04. The molecule has 0 radical (unpaired) electrons. The number of amidine groups is 1. The molecule has 0 aromatic heterocycles. The van der Waals surface area contributed by atoms with E-state index in [1.165, 1.54) is 0 Å². The number of aliphatic hydroxyl groups is 2. The number of thioether (sulfide) groups is 1. The van der Waals surface area contributed by atoms with Gasteiger partial charge in [-0.25, -0.2) is 0 Å². The summed E-state index contributed by atoms with van der Waals surface area (Å²) in [6.45, 7) is 6.72. The van der Waals surface area contributed by atoms with E-state index in [9.17, 15) is 10.2 Å². The third-order valence-electron chi connectivity index (χ3n) is 3.93. The van der Waals surface area contributed by atoms with Gasteiger partial charge in [-0.3, -0.25) is 4.99 Å². The minimum absolute atomic E-state index is 0.207. The largest absolute Gasteiger partial charge is 0.391 e. The van der Waals surface area contributed by atoms with Gasteiger partial charge in [0.25, 0.3) is 0 Å². The predicted octanol–water partition coefficient (Wildman–Crippen LogP) is 1.60. The van der Waals surface area contributed by atoms with Gasteiger partial charge in [0.1, 0.15) is 11.5 Å². The maximum absolute atomic E-state index is 10.3. The van der Waals surface area contributed by atoms with Crippen LogP contribution in [0.3, 0.4) is 0 Å². The van der Waals surface area contributed by atoms with Crippen molar-refractivity contribution < 1.29 is 14.9 Å². The third-order valence-corrected chi connectivity index (χ3v) is 5.18. The Labute approximate surface area is 131 Å². The van der Waals surface area contributed by atoms with Crippen LogP contribution in [0.1, 0.15) is 32.6 Å². The first-order valence-corrected chi connectivity index (χ1v) is 8.52. The summed E-state index contributed by atoms with van der Waals surface area (Å²) in [7, 11) is 2.01. The molecular weight excluding hydrogens is 288 g/mol. The van der Waals surface area contributed by atoms with Gasteiger partial charge in [-0.1, -0.05) is 24.8 Å². The van der Waals surface area contributed by atoms with Crippen molar-refractivity contribution >= 4 is 16.9 Å². The van der Waals surface area contributed by atoms with Crippen molar-refractivity contribution in [3.05, 3.63) is 12.7 Å². The van der Waals surface area contributed by atoms with Crippen molar-refractivity contribution in [3.63, 3.8) is 0 Å². The summed E-state index contributed by atoms with van der Waals surface area (Å²) in [4.78, 5) is 6.74. The standard InChI is InChI=1S/C15H26N2O3S/c1-4-6-10(18)12-8-7-11(19)13-14(20-12)21-15(16-13)17(3)9-5-2/h4,10-14,18-19H,1,5-9H2,2-3H3. The van der Waals surface area contributed by atoms with E-state index in [-0.39, 0.29) is 17.6 Å². The number of aliphatic imine (C=N–C) groups is 1. The number of ether oxygens (including phenoxy) is 1. The Morgan fingerprint density at radius 3 is 3.00 bits per heavy atom. The van der Waals surface area contributed by atoms with E-state index in [1.54, 1.807) is 17.8 Å². The summed E-state index contributed by atoms with van der Waals surface area (Å²) < 4.78 is 6.04. The Morgan fingerprint density at radius 1 is 1.57 bits per heavy atom. The summed E-state index contributed by atoms with van der Waals surface area (Å²) in [5.41, 5.74) is -0.207. The third kappa shape index (κ3) is 4.00. The van der Waals surface area contributed by atoms with Gasteiger partial charge >= 0.3 is 0 Å². The summed E-state index contributed by atoms with van der Waals surface area (Å²) in [5, 5.41) is 21.3. The van der Waals surface area contributed by atoms with Crippen LogP contribution in [0.25, 0.3) is 0 Å². The molecule has 1 saturated heterocycles. The fourth-order valence-electron chi connectivity index (χ4n) is 2.74. The van der Waals surface area contributed by atoms with E-state index in [0.29, 0.717) is 19.3 Å². The molecule has 0 aromatic carbocycles. The van der Waals surface area contributed by atoms with Crippen molar-refractivity contribution in [2.75, 3.05) is 13.6 Å². The van der Waals surface area contributed by atoms with Gasteiger partial charge in [0.15, 0.2) is 5.17 Å². The molecule has 1 fully saturated rings. The van der Waals surface area contributed by atoms with Gasteiger partial charge in [-0.05, 0) is 25.7 Å². The van der Waals surface area contributed by atoms with Crippen LogP contribution in [0.2, 0.25) is 0 Å². The van der Waals surface area contributed by atoms with E-state index in [0.717, 1.165) is 18.1 Å². The van der Waals surface area contributed by atoms with Crippen LogP contribution in [-0.4, -0.2) is 63.7 Å². The molecule has 21 heavy (non-hydrogen) atoms. The Morgan fingerprint density at radius 2 is 2.33 bits per heavy atom. The first-order chi connectivity index (χ1) is 10.1. The first-order valence-electron chi connectivity index (χ1n) is 7.64. The lowest BCUT2D eigenvalue weighted by molar-refractivity contribution is -0.0475. The molecule has 2 aliphatic rings. The number of nitrogens with zero attached hydrogens (tertiary/aromatic N) is 2. The quantitative estimate of drug-likeness (QED) is 0.755. The van der Waals surface area contributed by atoms with Gasteiger partial charge in [-0.15, -0.1) is 6.58 Å². The van der Waals surface area contributed by atoms with Crippen molar-refractivity contribution in [1.29, 1.82) is 0 Å². The van der Waals surface area contributed by atoms with Crippen LogP contribution in [-0.2, 0) is 4.74 Å². The normalized spacial score (nSPS) is 33.8. The number of hydrogen-bond donors (Lipinski definition) is 2. The molecule has 5 nitrogen and oxygen atoms in total. The molecule has 0 spiro atoms. The molecule has 5 unspecified atom stereocenters. The summed E-state index contributed by atoms with van der Waals surface area (Å²) >= 11 is 1.56. The zero-order valence-electron chi connectivity index (χ0n) is 12.8. The molecule has 2 aliphatic heterocycles. The van der Waals surface area contributed by atoms with E-state index in [4.69, 9.17) is 4.74 Å². The topological polar surface area (TPSA) is 65.3 Å². The van der Waals surface area contributed by atoms with Crippen LogP contribution in [0.4, 0.5) is 0 Å². The highest BCUT2D eigenvalue weighted by atomic mass is 32.2. The molecule has 2 heterocycles. The van der Waals surface area contributed by atoms with E-state index < -0.39 is 12.2 Å². The average molecular weight is 314 g/mol. The lowest BCUT2D eigenvalue weighted by atomic mass is 10.0. The predicted molar refractivity (Wildman–Crippen MR) is 86.5 cm³/mol. The maximum atomic E-state index is 10.3. The van der Waals surface area contributed by atoms with Gasteiger partial charge in [0.05, 0.1) is 18.3 Å². The zero-order valence-corrected chi connectivity index (χ0v) is 13.6. The minimum Gasteiger partial charge on any atom is -0.391 e. The molecule has 0 aliphatic carbocycles. The van der Waals surface area contributed by atoms with Crippen LogP contribution in [0, 0.1) is 0 Å². The molecule has 6 heteroatoms. The second kappa shape index (κ2) is 7.63. The Kier molecular flexibility index (Phi) is 6.10. The second-order valence-corrected chi connectivity index (χ2v) is 6.79. The molecular formula is C15H26N2O3S. The summed E-state index contributed by atoms with van der Waals surface area (Å²) in [6, 6.07) is -0.231. The van der Waals surface area contributed by atoms with Crippen molar-refractivity contribution in [2.45, 2.75) is 62.4 Å². The number of hydrogen-bond acceptors (Lipinski definition) is 6. The van der Waals surface area contributed by atoms with E-state index in [1.807, 2.05) is 7.05 Å². The highest BCUT2D eigenvalue weighted by molar-refractivity contribution is 8.14. The summed E-state index contributed by atoms with van der Waals surface area (Å²) in [6.07, 6.45) is 3.19. The van der Waals surface area contributed by atoms with Crippen molar-refractivity contribution in [3.8, 4) is 0 Å². The van der Waals surface area contributed by atoms with E-state index >= 15 is 0 Å². The van der Waals surface area contributed by atoms with Crippen LogP contribution in [0.5, 0.6) is 0 Å². The number of rotatable bonds is 5. The Hall–Kier alpha value is -0.560. The van der Waals surface area contributed by atoms with Crippen molar-refractivity contribution in [1.82, 2.24) is 4.90 Å². The van der Waals surface area contributed by atoms with Gasteiger partial charge in [0, 0.05) is 13.6 Å². The van der Waals surface area contributed by atoms with Gasteiger partial charge in [-0.2, -0.15) is 0 Å². The molecule has 0 saturated carbocycles. The average Bonchev–Trinajstić information content (AvgIpc) is 2.81. The molecule has 2 rings (SSSR count). The van der Waals surface area contributed by atoms with Gasteiger partial charge in [0.2, 0.25) is 0 Å². The smallest absolute Gasteiger partial charge is 0.162 e. The fourth-order valence-corrected chi connectivity index (χ4v) is 3.98. The SMILES string of the molecule is C=CCC(O)C1CCC(O)C2N=C(N(C)CCC)SC2O1. The molecule has 0 amide bonds. The maximum Gasteiger partial charge on any atom is 0.162 e. The highest BCUT2D eigenvalue weighted by Gasteiger charge is 2.42. The lowest BCUT2D eigenvalue weighted by Crippen LogP contribution is -2.34. The second-order valence-electron chi connectivity index (χ2n) is 5.72. The molecule has 2 N–H and O–H groups in total. The van der Waals surface area contributed by atoms with Gasteiger partial charge < -0.3 is 19.8 Å². The fraction of sp³-hybridized carbons (Fsp3) is 0.800. The molecule has 5 atom stereocenters. The monoisotopic (exact) mass is 314 g/mol. The molecule has 0 bridgehead atoms. The molecule has 0 aromatic rings. The number of fused-ring (bicyclic) bond motifs is 1. The molecule has 120 valence electrons. The van der Waals surface area contributed by atoms with Crippen LogP contribution >= 0.6 is 11.8 Å². The lowest BCUT2D eigenvalue weighted by Gasteiger charge is -2.24. The first kappa shape index (κ1) is 16.8. The number of aliphatic hydroxyl groups excluding tert-OH is 2. The van der Waals surface area contributed by atoms with Crippen molar-refractivity contribution in [2.24, 2.45) is 4.99 Å². The van der Waals surface area contributed by atoms with Crippen LogP contribution < -0.4 is 0 Å². The zero-order chi connectivity index (χ0) is 15.4. The minimum atomic E-state index is -0.563. The van der Waals surface area contributed by atoms with Crippen LogP contribution in [0.15, 0.2) is 17.6 Å².